The zero-order valence-electron chi connectivity index (χ0n) is 11.4. The predicted octanol–water partition coefficient (Wildman–Crippen LogP) is 4.14. The molecule has 5 heteroatoms. The Kier molecular flexibility index (Phi) is 6.08. The maximum atomic E-state index is 11.7. The number of hydrogen-bond acceptors (Lipinski definition) is 1. The Morgan fingerprint density at radius 2 is 1.57 bits per heavy atom. The lowest BCUT2D eigenvalue weighted by atomic mass is 10.1. The SMILES string of the molecule is O=C(NCCc1ccc(Br)cc1)NCc1ccc(Cl)cc1. The second-order valence-electron chi connectivity index (χ2n) is 4.61. The van der Waals surface area contributed by atoms with Crippen LogP contribution in [-0.4, -0.2) is 12.6 Å². The van der Waals surface area contributed by atoms with Gasteiger partial charge in [-0.15, -0.1) is 0 Å². The lowest BCUT2D eigenvalue weighted by Crippen LogP contribution is -2.36. The molecule has 0 saturated heterocycles. The number of amides is 2. The summed E-state index contributed by atoms with van der Waals surface area (Å²) in [7, 11) is 0. The maximum Gasteiger partial charge on any atom is 0.315 e. The van der Waals surface area contributed by atoms with Gasteiger partial charge in [0.25, 0.3) is 0 Å². The predicted molar refractivity (Wildman–Crippen MR) is 89.5 cm³/mol. The van der Waals surface area contributed by atoms with Crippen molar-refractivity contribution in [3.05, 3.63) is 69.2 Å². The van der Waals surface area contributed by atoms with Crippen LogP contribution in [0.3, 0.4) is 0 Å². The number of nitrogens with one attached hydrogen (secondary N) is 2. The van der Waals surface area contributed by atoms with Crippen LogP contribution in [0.5, 0.6) is 0 Å². The molecular formula is C16H16BrClN2O. The average Bonchev–Trinajstić information content (AvgIpc) is 2.49. The minimum absolute atomic E-state index is 0.165. The Balaban J connectivity index is 1.67. The van der Waals surface area contributed by atoms with Crippen molar-refractivity contribution < 1.29 is 4.79 Å². The molecule has 0 fully saturated rings. The third kappa shape index (κ3) is 5.78. The molecule has 2 rings (SSSR count). The van der Waals surface area contributed by atoms with E-state index in [0.717, 1.165) is 16.5 Å². The third-order valence-electron chi connectivity index (χ3n) is 2.98. The summed E-state index contributed by atoms with van der Waals surface area (Å²) < 4.78 is 1.06. The van der Waals surface area contributed by atoms with Gasteiger partial charge in [-0.1, -0.05) is 51.8 Å². The standard InChI is InChI=1S/C16H16BrClN2O/c17-14-5-1-12(2-6-14)9-10-19-16(21)20-11-13-3-7-15(18)8-4-13/h1-8H,9-11H2,(H2,19,20,21). The van der Waals surface area contributed by atoms with Crippen molar-refractivity contribution in [3.8, 4) is 0 Å². The van der Waals surface area contributed by atoms with Crippen molar-refractivity contribution in [1.82, 2.24) is 10.6 Å². The van der Waals surface area contributed by atoms with Gasteiger partial charge in [-0.3, -0.25) is 0 Å². The van der Waals surface area contributed by atoms with Gasteiger partial charge in [0, 0.05) is 22.6 Å². The molecule has 0 spiro atoms. The van der Waals surface area contributed by atoms with E-state index in [2.05, 4.69) is 26.6 Å². The van der Waals surface area contributed by atoms with Crippen LogP contribution < -0.4 is 10.6 Å². The molecule has 0 aliphatic heterocycles. The molecule has 21 heavy (non-hydrogen) atoms. The van der Waals surface area contributed by atoms with Gasteiger partial charge in [-0.25, -0.2) is 4.79 Å². The van der Waals surface area contributed by atoms with E-state index in [4.69, 9.17) is 11.6 Å². The minimum Gasteiger partial charge on any atom is -0.338 e. The highest BCUT2D eigenvalue weighted by atomic mass is 79.9. The van der Waals surface area contributed by atoms with Gasteiger partial charge < -0.3 is 10.6 Å². The number of hydrogen-bond donors (Lipinski definition) is 2. The van der Waals surface area contributed by atoms with Crippen molar-refractivity contribution in [1.29, 1.82) is 0 Å². The van der Waals surface area contributed by atoms with Crippen LogP contribution in [0.1, 0.15) is 11.1 Å². The van der Waals surface area contributed by atoms with Crippen molar-refractivity contribution in [2.24, 2.45) is 0 Å². The first-order chi connectivity index (χ1) is 10.1. The van der Waals surface area contributed by atoms with Gasteiger partial charge in [-0.2, -0.15) is 0 Å². The third-order valence-corrected chi connectivity index (χ3v) is 3.76. The average molecular weight is 368 g/mol. The van der Waals surface area contributed by atoms with E-state index in [9.17, 15) is 4.79 Å². The maximum absolute atomic E-state index is 11.7. The Morgan fingerprint density at radius 1 is 0.952 bits per heavy atom. The molecule has 110 valence electrons. The van der Waals surface area contributed by atoms with Crippen molar-refractivity contribution in [2.75, 3.05) is 6.54 Å². The molecule has 0 unspecified atom stereocenters. The Hall–Kier alpha value is -1.52. The summed E-state index contributed by atoms with van der Waals surface area (Å²) in [6.07, 6.45) is 0.807. The first-order valence-electron chi connectivity index (χ1n) is 6.64. The van der Waals surface area contributed by atoms with Crippen LogP contribution in [0.4, 0.5) is 4.79 Å². The number of carbonyl (C=O) groups excluding carboxylic acids is 1. The molecule has 2 amide bonds. The molecule has 0 atom stereocenters. The normalized spacial score (nSPS) is 10.2. The van der Waals surface area contributed by atoms with Crippen LogP contribution in [0.25, 0.3) is 0 Å². The van der Waals surface area contributed by atoms with Crippen LogP contribution in [-0.2, 0) is 13.0 Å². The zero-order valence-corrected chi connectivity index (χ0v) is 13.7. The Morgan fingerprint density at radius 3 is 2.24 bits per heavy atom. The summed E-state index contributed by atoms with van der Waals surface area (Å²) in [4.78, 5) is 11.7. The van der Waals surface area contributed by atoms with Gasteiger partial charge in [0.05, 0.1) is 0 Å². The number of benzene rings is 2. The van der Waals surface area contributed by atoms with Crippen LogP contribution in [0.2, 0.25) is 5.02 Å². The molecule has 3 nitrogen and oxygen atoms in total. The van der Waals surface area contributed by atoms with Gasteiger partial charge in [0.2, 0.25) is 0 Å². The highest BCUT2D eigenvalue weighted by molar-refractivity contribution is 9.10. The van der Waals surface area contributed by atoms with Gasteiger partial charge in [-0.05, 0) is 41.8 Å². The van der Waals surface area contributed by atoms with E-state index >= 15 is 0 Å². The molecule has 0 bridgehead atoms. The fourth-order valence-corrected chi connectivity index (χ4v) is 2.21. The molecule has 0 aliphatic carbocycles. The largest absolute Gasteiger partial charge is 0.338 e. The van der Waals surface area contributed by atoms with E-state index in [1.807, 2.05) is 48.5 Å². The quantitative estimate of drug-likeness (QED) is 0.819. The smallest absolute Gasteiger partial charge is 0.315 e. The highest BCUT2D eigenvalue weighted by Crippen LogP contribution is 2.10. The summed E-state index contributed by atoms with van der Waals surface area (Å²) in [5, 5.41) is 6.35. The molecule has 2 N–H and O–H groups in total. The molecule has 0 saturated carbocycles. The summed E-state index contributed by atoms with van der Waals surface area (Å²) in [5.74, 6) is 0. The zero-order chi connectivity index (χ0) is 15.1. The van der Waals surface area contributed by atoms with E-state index in [1.165, 1.54) is 5.56 Å². The molecule has 0 aliphatic rings. The van der Waals surface area contributed by atoms with E-state index in [0.29, 0.717) is 18.1 Å². The molecular weight excluding hydrogens is 352 g/mol. The Bertz CT molecular complexity index is 584. The fourth-order valence-electron chi connectivity index (χ4n) is 1.82. The van der Waals surface area contributed by atoms with Crippen LogP contribution in [0, 0.1) is 0 Å². The molecule has 0 aromatic heterocycles. The summed E-state index contributed by atoms with van der Waals surface area (Å²) >= 11 is 9.20. The molecule has 2 aromatic carbocycles. The fraction of sp³-hybridized carbons (Fsp3) is 0.188. The van der Waals surface area contributed by atoms with Gasteiger partial charge >= 0.3 is 6.03 Å². The van der Waals surface area contributed by atoms with E-state index in [-0.39, 0.29) is 6.03 Å². The van der Waals surface area contributed by atoms with Gasteiger partial charge in [0.1, 0.15) is 0 Å². The van der Waals surface area contributed by atoms with Crippen LogP contribution in [0.15, 0.2) is 53.0 Å². The number of halogens is 2. The summed E-state index contributed by atoms with van der Waals surface area (Å²) in [5.41, 5.74) is 2.21. The monoisotopic (exact) mass is 366 g/mol. The summed E-state index contributed by atoms with van der Waals surface area (Å²) in [6.45, 7) is 1.09. The van der Waals surface area contributed by atoms with E-state index in [1.54, 1.807) is 0 Å². The lowest BCUT2D eigenvalue weighted by Gasteiger charge is -2.08. The van der Waals surface area contributed by atoms with Crippen molar-refractivity contribution >= 4 is 33.6 Å². The number of urea groups is 1. The first-order valence-corrected chi connectivity index (χ1v) is 7.81. The molecule has 2 aromatic rings. The molecule has 0 heterocycles. The Labute approximate surface area is 137 Å². The van der Waals surface area contributed by atoms with Crippen LogP contribution >= 0.6 is 27.5 Å². The lowest BCUT2D eigenvalue weighted by molar-refractivity contribution is 0.240. The van der Waals surface area contributed by atoms with Crippen molar-refractivity contribution in [3.63, 3.8) is 0 Å². The second-order valence-corrected chi connectivity index (χ2v) is 5.96. The minimum atomic E-state index is -0.165. The summed E-state index contributed by atoms with van der Waals surface area (Å²) in [6, 6.07) is 15.3. The first kappa shape index (κ1) is 15.9. The van der Waals surface area contributed by atoms with E-state index < -0.39 is 0 Å². The topological polar surface area (TPSA) is 41.1 Å². The number of carbonyl (C=O) groups is 1. The molecule has 0 radical (unpaired) electrons. The second kappa shape index (κ2) is 8.05. The highest BCUT2D eigenvalue weighted by Gasteiger charge is 2.00. The number of rotatable bonds is 5. The van der Waals surface area contributed by atoms with Crippen molar-refractivity contribution in [2.45, 2.75) is 13.0 Å². The van der Waals surface area contributed by atoms with Gasteiger partial charge in [0.15, 0.2) is 0 Å².